The van der Waals surface area contributed by atoms with Crippen molar-refractivity contribution in [3.05, 3.63) is 66.4 Å². The number of carbonyl (C=O) groups excluding carboxylic acids is 1. The van der Waals surface area contributed by atoms with Crippen LogP contribution in [0.1, 0.15) is 18.5 Å². The summed E-state index contributed by atoms with van der Waals surface area (Å²) < 4.78 is 34.9. The molecule has 0 bridgehead atoms. The van der Waals surface area contributed by atoms with Gasteiger partial charge in [-0.3, -0.25) is 5.32 Å². The lowest BCUT2D eigenvalue weighted by Gasteiger charge is -2.29. The van der Waals surface area contributed by atoms with Crippen molar-refractivity contribution < 1.29 is 22.7 Å². The topological polar surface area (TPSA) is 111 Å². The number of morpholine rings is 1. The Balaban J connectivity index is 1.41. The summed E-state index contributed by atoms with van der Waals surface area (Å²) in [6, 6.07) is 17.7. The third kappa shape index (κ3) is 4.98. The maximum absolute atomic E-state index is 12.6. The van der Waals surface area contributed by atoms with E-state index in [2.05, 4.69) is 15.2 Å². The Morgan fingerprint density at radius 2 is 1.71 bits per heavy atom. The highest BCUT2D eigenvalue weighted by molar-refractivity contribution is 7.91. The van der Waals surface area contributed by atoms with E-state index in [1.54, 1.807) is 54.6 Å². The lowest BCUT2D eigenvalue weighted by Crippen LogP contribution is -2.37. The number of rotatable bonds is 6. The number of aromatic nitrogens is 2. The third-order valence-corrected chi connectivity index (χ3v) is 8.31. The van der Waals surface area contributed by atoms with Crippen molar-refractivity contribution in [2.45, 2.75) is 17.6 Å². The van der Waals surface area contributed by atoms with E-state index >= 15 is 0 Å². The Morgan fingerprint density at radius 3 is 2.34 bits per heavy atom. The fraction of sp³-hybridized carbons (Fsp3) is 0.320. The summed E-state index contributed by atoms with van der Waals surface area (Å²) in [5.41, 5.74) is 1.79. The second kappa shape index (κ2) is 9.27. The predicted octanol–water partition coefficient (Wildman–Crippen LogP) is 3.62. The first kappa shape index (κ1) is 23.3. The van der Waals surface area contributed by atoms with Gasteiger partial charge in [0.2, 0.25) is 0 Å². The molecule has 0 spiro atoms. The molecule has 0 radical (unpaired) electrons. The van der Waals surface area contributed by atoms with Gasteiger partial charge in [0, 0.05) is 36.7 Å². The van der Waals surface area contributed by atoms with E-state index in [1.165, 1.54) is 6.26 Å². The standard InChI is InChI=1S/C25H26N4O5S/c1-35(31,32)25(11-12-25)21-17-22(29-13-15-33-16-14-29)28-23(27-21)18-7-9-19(10-8-18)26-24(30)34-20-5-3-2-4-6-20/h2-10,17H,11-16H2,1H3,(H,26,30). The van der Waals surface area contributed by atoms with Crippen molar-refractivity contribution in [2.75, 3.05) is 42.8 Å². The molecule has 1 saturated heterocycles. The van der Waals surface area contributed by atoms with E-state index in [0.29, 0.717) is 73.5 Å². The molecule has 1 aromatic heterocycles. The number of hydrogen-bond acceptors (Lipinski definition) is 8. The highest BCUT2D eigenvalue weighted by Gasteiger charge is 2.55. The van der Waals surface area contributed by atoms with Gasteiger partial charge in [-0.05, 0) is 49.2 Å². The molecular weight excluding hydrogens is 468 g/mol. The van der Waals surface area contributed by atoms with Gasteiger partial charge in [0.05, 0.1) is 18.9 Å². The van der Waals surface area contributed by atoms with Gasteiger partial charge in [-0.2, -0.15) is 0 Å². The zero-order valence-electron chi connectivity index (χ0n) is 19.3. The van der Waals surface area contributed by atoms with Gasteiger partial charge < -0.3 is 14.4 Å². The van der Waals surface area contributed by atoms with Crippen molar-refractivity contribution in [3.63, 3.8) is 0 Å². The highest BCUT2D eigenvalue weighted by atomic mass is 32.2. The van der Waals surface area contributed by atoms with Gasteiger partial charge in [-0.25, -0.2) is 23.2 Å². The summed E-state index contributed by atoms with van der Waals surface area (Å²) in [5, 5.41) is 2.69. The van der Waals surface area contributed by atoms with Gasteiger partial charge in [0.25, 0.3) is 0 Å². The van der Waals surface area contributed by atoms with Crippen LogP contribution in [0.2, 0.25) is 0 Å². The number of anilines is 2. The second-order valence-electron chi connectivity index (χ2n) is 8.71. The van der Waals surface area contributed by atoms with E-state index < -0.39 is 20.7 Å². The lowest BCUT2D eigenvalue weighted by atomic mass is 10.1. The SMILES string of the molecule is CS(=O)(=O)C1(c2cc(N3CCOCC3)nc(-c3ccc(NC(=O)Oc4ccccc4)cc3)n2)CC1. The lowest BCUT2D eigenvalue weighted by molar-refractivity contribution is 0.122. The first-order valence-electron chi connectivity index (χ1n) is 11.4. The van der Waals surface area contributed by atoms with Crippen LogP contribution < -0.4 is 15.0 Å². The monoisotopic (exact) mass is 494 g/mol. The number of hydrogen-bond donors (Lipinski definition) is 1. The summed E-state index contributed by atoms with van der Waals surface area (Å²) in [7, 11) is -3.33. The highest BCUT2D eigenvalue weighted by Crippen LogP contribution is 2.52. The summed E-state index contributed by atoms with van der Waals surface area (Å²) >= 11 is 0. The van der Waals surface area contributed by atoms with Crippen molar-refractivity contribution in [3.8, 4) is 17.1 Å². The van der Waals surface area contributed by atoms with Gasteiger partial charge in [0.15, 0.2) is 15.7 Å². The molecular formula is C25H26N4O5S. The molecule has 2 aromatic carbocycles. The average molecular weight is 495 g/mol. The molecule has 5 rings (SSSR count). The van der Waals surface area contributed by atoms with Crippen molar-refractivity contribution in [2.24, 2.45) is 0 Å². The largest absolute Gasteiger partial charge is 0.417 e. The first-order chi connectivity index (χ1) is 16.8. The van der Waals surface area contributed by atoms with E-state index in [4.69, 9.17) is 14.5 Å². The fourth-order valence-corrected chi connectivity index (χ4v) is 5.45. The number of ether oxygens (including phenoxy) is 2. The zero-order chi connectivity index (χ0) is 24.5. The van der Waals surface area contributed by atoms with Crippen LogP contribution >= 0.6 is 0 Å². The van der Waals surface area contributed by atoms with E-state index in [1.807, 2.05) is 6.07 Å². The molecule has 1 saturated carbocycles. The van der Waals surface area contributed by atoms with Crippen LogP contribution in [0.5, 0.6) is 5.75 Å². The summed E-state index contributed by atoms with van der Waals surface area (Å²) in [6.07, 6.45) is 1.78. The number of nitrogens with one attached hydrogen (secondary N) is 1. The van der Waals surface area contributed by atoms with Crippen LogP contribution in [0, 0.1) is 0 Å². The second-order valence-corrected chi connectivity index (χ2v) is 11.0. The maximum Gasteiger partial charge on any atom is 0.417 e. The molecule has 1 N–H and O–H groups in total. The normalized spacial score (nSPS) is 17.0. The van der Waals surface area contributed by atoms with Crippen LogP contribution in [-0.2, 0) is 19.3 Å². The van der Waals surface area contributed by atoms with Gasteiger partial charge in [-0.15, -0.1) is 0 Å². The molecule has 1 amide bonds. The summed E-state index contributed by atoms with van der Waals surface area (Å²) in [5.74, 6) is 1.58. The van der Waals surface area contributed by atoms with Crippen molar-refractivity contribution >= 4 is 27.4 Å². The molecule has 2 aliphatic rings. The minimum Gasteiger partial charge on any atom is -0.410 e. The molecule has 9 nitrogen and oxygen atoms in total. The van der Waals surface area contributed by atoms with Crippen molar-refractivity contribution in [1.29, 1.82) is 0 Å². The Hall–Kier alpha value is -3.50. The Bertz CT molecular complexity index is 1320. The number of sulfone groups is 1. The number of para-hydroxylation sites is 1. The van der Waals surface area contributed by atoms with E-state index in [-0.39, 0.29) is 0 Å². The Labute approximate surface area is 204 Å². The first-order valence-corrected chi connectivity index (χ1v) is 13.3. The number of amides is 1. The molecule has 1 aliphatic carbocycles. The molecule has 0 unspecified atom stereocenters. The molecule has 182 valence electrons. The van der Waals surface area contributed by atoms with Gasteiger partial charge in [0.1, 0.15) is 16.3 Å². The summed E-state index contributed by atoms with van der Waals surface area (Å²) in [6.45, 7) is 2.53. The summed E-state index contributed by atoms with van der Waals surface area (Å²) in [4.78, 5) is 23.7. The minimum atomic E-state index is -3.33. The average Bonchev–Trinajstić information content (AvgIpc) is 3.68. The smallest absolute Gasteiger partial charge is 0.410 e. The quantitative estimate of drug-likeness (QED) is 0.553. The zero-order valence-corrected chi connectivity index (χ0v) is 20.1. The van der Waals surface area contributed by atoms with Crippen LogP contribution in [0.4, 0.5) is 16.3 Å². The minimum absolute atomic E-state index is 0.442. The molecule has 2 heterocycles. The maximum atomic E-state index is 12.6. The Morgan fingerprint density at radius 1 is 1.03 bits per heavy atom. The van der Waals surface area contributed by atoms with Crippen LogP contribution in [-0.4, -0.2) is 57.0 Å². The molecule has 3 aromatic rings. The van der Waals surface area contributed by atoms with Gasteiger partial charge >= 0.3 is 6.09 Å². The number of benzene rings is 2. The van der Waals surface area contributed by atoms with E-state index in [9.17, 15) is 13.2 Å². The number of nitrogens with zero attached hydrogens (tertiary/aromatic N) is 3. The fourth-order valence-electron chi connectivity index (χ4n) is 4.12. The molecule has 35 heavy (non-hydrogen) atoms. The molecule has 0 atom stereocenters. The van der Waals surface area contributed by atoms with E-state index in [0.717, 1.165) is 0 Å². The van der Waals surface area contributed by atoms with Crippen molar-refractivity contribution in [1.82, 2.24) is 9.97 Å². The van der Waals surface area contributed by atoms with Gasteiger partial charge in [-0.1, -0.05) is 18.2 Å². The Kier molecular flexibility index (Phi) is 6.16. The van der Waals surface area contributed by atoms with Crippen LogP contribution in [0.25, 0.3) is 11.4 Å². The number of carbonyl (C=O) groups is 1. The molecule has 10 heteroatoms. The predicted molar refractivity (Wildman–Crippen MR) is 132 cm³/mol. The molecule has 2 fully saturated rings. The third-order valence-electron chi connectivity index (χ3n) is 6.27. The van der Waals surface area contributed by atoms with Crippen LogP contribution in [0.15, 0.2) is 60.7 Å². The molecule has 1 aliphatic heterocycles. The van der Waals surface area contributed by atoms with Crippen LogP contribution in [0.3, 0.4) is 0 Å².